The lowest BCUT2D eigenvalue weighted by Gasteiger charge is -2.03. The summed E-state index contributed by atoms with van der Waals surface area (Å²) >= 11 is 0. The fourth-order valence-electron chi connectivity index (χ4n) is 2.35. The molecule has 3 aromatic rings. The van der Waals surface area contributed by atoms with Crippen molar-refractivity contribution < 1.29 is 31.2 Å². The number of aromatic nitrogens is 2. The van der Waals surface area contributed by atoms with Crippen LogP contribution in [-0.4, -0.2) is 17.7 Å². The van der Waals surface area contributed by atoms with Gasteiger partial charge in [-0.05, 0) is 19.1 Å². The van der Waals surface area contributed by atoms with E-state index >= 15 is 0 Å². The van der Waals surface area contributed by atoms with Gasteiger partial charge in [0, 0.05) is 16.6 Å². The molecule has 0 unspecified atom stereocenters. The van der Waals surface area contributed by atoms with Crippen LogP contribution in [0.15, 0.2) is 48.5 Å². The molecule has 1 heterocycles. The Labute approximate surface area is 133 Å². The Morgan fingerprint density at radius 2 is 1.76 bits per heavy atom. The van der Waals surface area contributed by atoms with E-state index in [0.29, 0.717) is 6.61 Å². The molecule has 0 fully saturated rings. The largest absolute Gasteiger partial charge is 1.00 e. The van der Waals surface area contributed by atoms with Crippen molar-refractivity contribution in [2.24, 2.45) is 0 Å². The van der Waals surface area contributed by atoms with Crippen LogP contribution in [0.3, 0.4) is 0 Å². The van der Waals surface area contributed by atoms with Gasteiger partial charge in [0.05, 0.1) is 12.0 Å². The van der Waals surface area contributed by atoms with E-state index in [9.17, 15) is 4.79 Å². The van der Waals surface area contributed by atoms with Gasteiger partial charge in [0.2, 0.25) is 5.52 Å². The predicted molar refractivity (Wildman–Crippen MR) is 76.1 cm³/mol. The summed E-state index contributed by atoms with van der Waals surface area (Å²) in [7, 11) is 0. The summed E-state index contributed by atoms with van der Waals surface area (Å²) in [6.07, 6.45) is 0. The highest BCUT2D eigenvalue weighted by Crippen LogP contribution is 2.20. The molecule has 4 nitrogen and oxygen atoms in total. The average Bonchev–Trinajstić information content (AvgIpc) is 2.48. The molecular formula is C16H15BrN2O2. The Kier molecular flexibility index (Phi) is 4.85. The van der Waals surface area contributed by atoms with Gasteiger partial charge in [-0.15, -0.1) is 0 Å². The van der Waals surface area contributed by atoms with Crippen molar-refractivity contribution in [2.45, 2.75) is 13.5 Å². The standard InChI is InChI=1S/C16H15N2O2.BrH/c1-2-20-16(19)11-18-15-10-6-4-8-13(15)12-7-3-5-9-14(12)17-18;/h3-10H,2,11H2,1H3;1H/q+1;/p-1. The molecule has 0 radical (unpaired) electrons. The SMILES string of the molecule is CCOC(=O)C[n+]1nc2ccccc2c2ccccc21.[Br-]. The number of fused-ring (bicyclic) bond motifs is 3. The number of hydrogen-bond donors (Lipinski definition) is 0. The molecule has 0 aliphatic carbocycles. The Morgan fingerprint density at radius 1 is 1.10 bits per heavy atom. The normalized spacial score (nSPS) is 10.3. The number of carbonyl (C=O) groups is 1. The predicted octanol–water partition coefficient (Wildman–Crippen LogP) is -0.757. The number of halogens is 1. The summed E-state index contributed by atoms with van der Waals surface area (Å²) < 4.78 is 6.71. The Hall–Kier alpha value is -2.01. The monoisotopic (exact) mass is 346 g/mol. The zero-order valence-corrected chi connectivity index (χ0v) is 13.2. The van der Waals surface area contributed by atoms with Crippen molar-refractivity contribution in [1.29, 1.82) is 0 Å². The lowest BCUT2D eigenvalue weighted by Crippen LogP contribution is -3.00. The molecule has 2 aromatic carbocycles. The zero-order chi connectivity index (χ0) is 13.9. The molecule has 0 N–H and O–H groups in total. The van der Waals surface area contributed by atoms with Gasteiger partial charge in [0.15, 0.2) is 0 Å². The van der Waals surface area contributed by atoms with Gasteiger partial charge in [0.25, 0.3) is 6.54 Å². The van der Waals surface area contributed by atoms with E-state index in [0.717, 1.165) is 21.8 Å². The molecule has 5 heteroatoms. The summed E-state index contributed by atoms with van der Waals surface area (Å²) in [6, 6.07) is 15.9. The number of hydrogen-bond acceptors (Lipinski definition) is 3. The minimum absolute atomic E-state index is 0. The average molecular weight is 347 g/mol. The molecule has 108 valence electrons. The van der Waals surface area contributed by atoms with Crippen LogP contribution in [-0.2, 0) is 16.1 Å². The summed E-state index contributed by atoms with van der Waals surface area (Å²) in [4.78, 5) is 11.7. The molecule has 0 saturated heterocycles. The first-order chi connectivity index (χ1) is 9.79. The van der Waals surface area contributed by atoms with Crippen molar-refractivity contribution in [3.8, 4) is 0 Å². The van der Waals surface area contributed by atoms with Gasteiger partial charge in [-0.2, -0.15) is 0 Å². The highest BCUT2D eigenvalue weighted by Gasteiger charge is 2.18. The quantitative estimate of drug-likeness (QED) is 0.356. The number of benzene rings is 2. The fraction of sp³-hybridized carbons (Fsp3) is 0.188. The van der Waals surface area contributed by atoms with Crippen molar-refractivity contribution in [2.75, 3.05) is 6.61 Å². The topological polar surface area (TPSA) is 43.1 Å². The van der Waals surface area contributed by atoms with Crippen molar-refractivity contribution in [1.82, 2.24) is 5.10 Å². The Morgan fingerprint density at radius 3 is 2.52 bits per heavy atom. The first-order valence-corrected chi connectivity index (χ1v) is 6.63. The molecule has 0 spiro atoms. The number of nitrogens with zero attached hydrogens (tertiary/aromatic N) is 2. The highest BCUT2D eigenvalue weighted by atomic mass is 79.9. The minimum atomic E-state index is -0.273. The molecule has 0 saturated carbocycles. The van der Waals surface area contributed by atoms with E-state index in [-0.39, 0.29) is 29.5 Å². The van der Waals surface area contributed by atoms with Crippen molar-refractivity contribution in [3.05, 3.63) is 48.5 Å². The molecule has 0 bridgehead atoms. The third-order valence-corrected chi connectivity index (χ3v) is 3.19. The number of rotatable bonds is 3. The maximum atomic E-state index is 11.7. The van der Waals surface area contributed by atoms with Crippen LogP contribution in [0.5, 0.6) is 0 Å². The fourth-order valence-corrected chi connectivity index (χ4v) is 2.35. The van der Waals surface area contributed by atoms with E-state index in [1.807, 2.05) is 48.5 Å². The van der Waals surface area contributed by atoms with Crippen LogP contribution in [0.1, 0.15) is 6.92 Å². The van der Waals surface area contributed by atoms with Gasteiger partial charge >= 0.3 is 5.97 Å². The second-order valence-corrected chi connectivity index (χ2v) is 4.50. The molecule has 21 heavy (non-hydrogen) atoms. The maximum absolute atomic E-state index is 11.7. The first-order valence-electron chi connectivity index (χ1n) is 6.63. The number of esters is 1. The second-order valence-electron chi connectivity index (χ2n) is 4.50. The molecule has 1 aromatic heterocycles. The summed E-state index contributed by atoms with van der Waals surface area (Å²) in [5, 5.41) is 6.71. The van der Waals surface area contributed by atoms with Gasteiger partial charge in [-0.1, -0.05) is 35.0 Å². The molecular weight excluding hydrogens is 332 g/mol. The van der Waals surface area contributed by atoms with Gasteiger partial charge in [-0.25, -0.2) is 4.79 Å². The minimum Gasteiger partial charge on any atom is -1.00 e. The third-order valence-electron chi connectivity index (χ3n) is 3.19. The molecule has 0 aliphatic heterocycles. The van der Waals surface area contributed by atoms with Gasteiger partial charge in [0.1, 0.15) is 5.52 Å². The number of ether oxygens (including phenoxy) is 1. The lowest BCUT2D eigenvalue weighted by atomic mass is 10.1. The smallest absolute Gasteiger partial charge is 0.375 e. The molecule has 0 atom stereocenters. The van der Waals surface area contributed by atoms with Crippen LogP contribution in [0.25, 0.3) is 21.8 Å². The molecule has 0 aliphatic rings. The van der Waals surface area contributed by atoms with Crippen LogP contribution >= 0.6 is 0 Å². The van der Waals surface area contributed by atoms with Crippen molar-refractivity contribution in [3.63, 3.8) is 0 Å². The van der Waals surface area contributed by atoms with Crippen LogP contribution in [0, 0.1) is 0 Å². The second kappa shape index (κ2) is 6.63. The third kappa shape index (κ3) is 3.03. The Balaban J connectivity index is 0.00000161. The summed E-state index contributed by atoms with van der Waals surface area (Å²) in [5.74, 6) is -0.273. The van der Waals surface area contributed by atoms with E-state index in [2.05, 4.69) is 5.10 Å². The number of carbonyl (C=O) groups excluding carboxylic acids is 1. The van der Waals surface area contributed by atoms with Crippen LogP contribution in [0.2, 0.25) is 0 Å². The zero-order valence-electron chi connectivity index (χ0n) is 11.6. The van der Waals surface area contributed by atoms with Crippen molar-refractivity contribution >= 4 is 27.8 Å². The summed E-state index contributed by atoms with van der Waals surface area (Å²) in [6.45, 7) is 2.30. The maximum Gasteiger partial charge on any atom is 0.375 e. The van der Waals surface area contributed by atoms with Crippen LogP contribution in [0.4, 0.5) is 0 Å². The van der Waals surface area contributed by atoms with Gasteiger partial charge < -0.3 is 21.7 Å². The Bertz CT molecular complexity index is 789. The molecule has 3 rings (SSSR count). The summed E-state index contributed by atoms with van der Waals surface area (Å²) in [5.41, 5.74) is 1.80. The first kappa shape index (κ1) is 15.4. The van der Waals surface area contributed by atoms with E-state index in [1.54, 1.807) is 11.6 Å². The molecule has 0 amide bonds. The highest BCUT2D eigenvalue weighted by molar-refractivity contribution is 6.02. The van der Waals surface area contributed by atoms with Crippen LogP contribution < -0.4 is 21.7 Å². The van der Waals surface area contributed by atoms with E-state index in [4.69, 9.17) is 4.74 Å². The van der Waals surface area contributed by atoms with E-state index in [1.165, 1.54) is 0 Å². The number of para-hydroxylation sites is 1. The lowest BCUT2D eigenvalue weighted by molar-refractivity contribution is -0.716. The van der Waals surface area contributed by atoms with E-state index < -0.39 is 0 Å². The van der Waals surface area contributed by atoms with Gasteiger partial charge in [-0.3, -0.25) is 0 Å².